The Morgan fingerprint density at radius 2 is 1.57 bits per heavy atom. The van der Waals surface area contributed by atoms with Crippen LogP contribution in [0.15, 0.2) is 48.5 Å². The maximum Gasteiger partial charge on any atom is 0.416 e. The van der Waals surface area contributed by atoms with Gasteiger partial charge in [-0.2, -0.15) is 13.2 Å². The molecule has 28 heavy (non-hydrogen) atoms. The molecule has 7 heteroatoms. The first kappa shape index (κ1) is 20.3. The molecule has 1 fully saturated rings. The molecule has 3 nitrogen and oxygen atoms in total. The lowest BCUT2D eigenvalue weighted by molar-refractivity contribution is -0.137. The molecule has 0 saturated carbocycles. The Kier molecular flexibility index (Phi) is 6.34. The summed E-state index contributed by atoms with van der Waals surface area (Å²) >= 11 is 0. The van der Waals surface area contributed by atoms with Gasteiger partial charge in [0.2, 0.25) is 5.91 Å². The quantitative estimate of drug-likeness (QED) is 0.713. The van der Waals surface area contributed by atoms with E-state index in [1.54, 1.807) is 23.1 Å². The monoisotopic (exact) mass is 394 g/mol. The van der Waals surface area contributed by atoms with Crippen molar-refractivity contribution in [3.05, 3.63) is 71.0 Å². The minimum Gasteiger partial charge on any atom is -0.340 e. The van der Waals surface area contributed by atoms with Crippen molar-refractivity contribution in [2.24, 2.45) is 0 Å². The van der Waals surface area contributed by atoms with E-state index in [0.29, 0.717) is 44.7 Å². The number of hydrogen-bond acceptors (Lipinski definition) is 2. The fraction of sp³-hybridized carbons (Fsp3) is 0.381. The lowest BCUT2D eigenvalue weighted by Crippen LogP contribution is -2.48. The molecule has 0 spiro atoms. The van der Waals surface area contributed by atoms with Crippen LogP contribution in [0.5, 0.6) is 0 Å². The van der Waals surface area contributed by atoms with Crippen LogP contribution in [0, 0.1) is 5.82 Å². The molecule has 0 bridgehead atoms. The summed E-state index contributed by atoms with van der Waals surface area (Å²) in [6.45, 7) is 3.00. The highest BCUT2D eigenvalue weighted by atomic mass is 19.4. The topological polar surface area (TPSA) is 23.6 Å². The summed E-state index contributed by atoms with van der Waals surface area (Å²) in [5.74, 6) is -0.297. The minimum absolute atomic E-state index is 0.00238. The van der Waals surface area contributed by atoms with Gasteiger partial charge in [0.1, 0.15) is 5.82 Å². The molecular formula is C21H22F4N2O. The summed E-state index contributed by atoms with van der Waals surface area (Å²) in [4.78, 5) is 16.2. The zero-order valence-electron chi connectivity index (χ0n) is 15.4. The van der Waals surface area contributed by atoms with E-state index in [1.165, 1.54) is 18.2 Å². The Morgan fingerprint density at radius 1 is 0.929 bits per heavy atom. The lowest BCUT2D eigenvalue weighted by Gasteiger charge is -2.35. The third-order valence-corrected chi connectivity index (χ3v) is 4.98. The van der Waals surface area contributed by atoms with Crippen LogP contribution >= 0.6 is 0 Å². The molecule has 0 aliphatic carbocycles. The second-order valence-electron chi connectivity index (χ2n) is 6.94. The van der Waals surface area contributed by atoms with E-state index in [4.69, 9.17) is 0 Å². The average Bonchev–Trinajstić information content (AvgIpc) is 2.67. The van der Waals surface area contributed by atoms with Crippen molar-refractivity contribution in [2.45, 2.75) is 25.6 Å². The Hall–Kier alpha value is -2.41. The number of benzene rings is 2. The number of amides is 1. The van der Waals surface area contributed by atoms with Gasteiger partial charge in [0.25, 0.3) is 0 Å². The van der Waals surface area contributed by atoms with Gasteiger partial charge in [0.15, 0.2) is 0 Å². The molecule has 1 amide bonds. The van der Waals surface area contributed by atoms with Crippen molar-refractivity contribution in [2.75, 3.05) is 26.2 Å². The molecule has 0 radical (unpaired) electrons. The van der Waals surface area contributed by atoms with E-state index in [9.17, 15) is 22.4 Å². The van der Waals surface area contributed by atoms with Gasteiger partial charge >= 0.3 is 6.18 Å². The molecular weight excluding hydrogens is 372 g/mol. The number of piperazine rings is 1. The molecule has 0 N–H and O–H groups in total. The van der Waals surface area contributed by atoms with Gasteiger partial charge in [0.05, 0.1) is 5.56 Å². The highest BCUT2D eigenvalue weighted by molar-refractivity contribution is 5.76. The number of hydrogen-bond donors (Lipinski definition) is 0. The summed E-state index contributed by atoms with van der Waals surface area (Å²) in [7, 11) is 0. The molecule has 3 rings (SSSR count). The number of alkyl halides is 3. The first-order valence-electron chi connectivity index (χ1n) is 9.22. The predicted octanol–water partition coefficient (Wildman–Crippen LogP) is 4.12. The van der Waals surface area contributed by atoms with Crippen LogP contribution in [-0.4, -0.2) is 41.9 Å². The molecule has 2 aromatic carbocycles. The largest absolute Gasteiger partial charge is 0.416 e. The standard InChI is InChI=1S/C21H22F4N2O/c22-19-4-2-1-3-17(19)7-10-20(28)27-13-11-26(12-14-27)15-16-5-8-18(9-6-16)21(23,24)25/h1-6,8-9H,7,10-15H2. The van der Waals surface area contributed by atoms with Crippen LogP contribution in [0.25, 0.3) is 0 Å². The van der Waals surface area contributed by atoms with E-state index in [1.807, 2.05) is 0 Å². The summed E-state index contributed by atoms with van der Waals surface area (Å²) in [5, 5.41) is 0. The van der Waals surface area contributed by atoms with Crippen molar-refractivity contribution >= 4 is 5.91 Å². The molecule has 0 unspecified atom stereocenters. The summed E-state index contributed by atoms with van der Waals surface area (Å²) in [5.41, 5.74) is 0.700. The number of nitrogens with zero attached hydrogens (tertiary/aromatic N) is 2. The van der Waals surface area contributed by atoms with Crippen molar-refractivity contribution in [3.63, 3.8) is 0 Å². The Labute approximate surface area is 161 Å². The Balaban J connectivity index is 1.45. The van der Waals surface area contributed by atoms with E-state index in [0.717, 1.165) is 17.7 Å². The second-order valence-corrected chi connectivity index (χ2v) is 6.94. The Morgan fingerprint density at radius 3 is 2.18 bits per heavy atom. The van der Waals surface area contributed by atoms with Crippen molar-refractivity contribution in [3.8, 4) is 0 Å². The maximum absolute atomic E-state index is 13.6. The van der Waals surface area contributed by atoms with Crippen molar-refractivity contribution < 1.29 is 22.4 Å². The van der Waals surface area contributed by atoms with Crippen LogP contribution in [0.1, 0.15) is 23.1 Å². The van der Waals surface area contributed by atoms with Gasteiger partial charge in [-0.05, 0) is 35.7 Å². The van der Waals surface area contributed by atoms with Crippen molar-refractivity contribution in [1.82, 2.24) is 9.80 Å². The van der Waals surface area contributed by atoms with Gasteiger partial charge < -0.3 is 4.90 Å². The highest BCUT2D eigenvalue weighted by Gasteiger charge is 2.30. The summed E-state index contributed by atoms with van der Waals surface area (Å²) < 4.78 is 51.5. The lowest BCUT2D eigenvalue weighted by atomic mass is 10.1. The van der Waals surface area contributed by atoms with Gasteiger partial charge in [-0.3, -0.25) is 9.69 Å². The first-order valence-corrected chi connectivity index (χ1v) is 9.22. The first-order chi connectivity index (χ1) is 13.3. The third-order valence-electron chi connectivity index (χ3n) is 4.98. The number of rotatable bonds is 5. The molecule has 2 aromatic rings. The maximum atomic E-state index is 13.6. The number of halogens is 4. The summed E-state index contributed by atoms with van der Waals surface area (Å²) in [6.07, 6.45) is -3.69. The Bertz CT molecular complexity index is 797. The summed E-state index contributed by atoms with van der Waals surface area (Å²) in [6, 6.07) is 11.6. The van der Waals surface area contributed by atoms with Gasteiger partial charge in [-0.1, -0.05) is 30.3 Å². The van der Waals surface area contributed by atoms with Gasteiger partial charge in [-0.15, -0.1) is 0 Å². The zero-order chi connectivity index (χ0) is 20.1. The third kappa shape index (κ3) is 5.32. The molecule has 1 heterocycles. The fourth-order valence-electron chi connectivity index (χ4n) is 3.31. The van der Waals surface area contributed by atoms with E-state index in [2.05, 4.69) is 4.90 Å². The average molecular weight is 394 g/mol. The molecule has 1 aliphatic heterocycles. The number of carbonyl (C=O) groups excluding carboxylic acids is 1. The molecule has 1 saturated heterocycles. The fourth-order valence-corrected chi connectivity index (χ4v) is 3.31. The highest BCUT2D eigenvalue weighted by Crippen LogP contribution is 2.29. The normalized spacial score (nSPS) is 15.6. The van der Waals surface area contributed by atoms with E-state index >= 15 is 0 Å². The van der Waals surface area contributed by atoms with Crippen molar-refractivity contribution in [1.29, 1.82) is 0 Å². The van der Waals surface area contributed by atoms with Gasteiger partial charge in [0, 0.05) is 39.1 Å². The number of carbonyl (C=O) groups is 1. The molecule has 1 aliphatic rings. The predicted molar refractivity (Wildman–Crippen MR) is 98.0 cm³/mol. The molecule has 0 atom stereocenters. The van der Waals surface area contributed by atoms with Crippen LogP contribution in [0.2, 0.25) is 0 Å². The minimum atomic E-state index is -4.33. The second kappa shape index (κ2) is 8.73. The number of aryl methyl sites for hydroxylation is 1. The molecule has 150 valence electrons. The van der Waals surface area contributed by atoms with E-state index in [-0.39, 0.29) is 18.1 Å². The smallest absolute Gasteiger partial charge is 0.340 e. The van der Waals surface area contributed by atoms with Crippen LogP contribution in [-0.2, 0) is 23.9 Å². The molecule has 0 aromatic heterocycles. The zero-order valence-corrected chi connectivity index (χ0v) is 15.4. The van der Waals surface area contributed by atoms with Gasteiger partial charge in [-0.25, -0.2) is 4.39 Å². The van der Waals surface area contributed by atoms with Crippen LogP contribution in [0.4, 0.5) is 17.6 Å². The van der Waals surface area contributed by atoms with E-state index < -0.39 is 11.7 Å². The SMILES string of the molecule is O=C(CCc1ccccc1F)N1CCN(Cc2ccc(C(F)(F)F)cc2)CC1. The van der Waals surface area contributed by atoms with Crippen LogP contribution in [0.3, 0.4) is 0 Å². The van der Waals surface area contributed by atoms with Crippen LogP contribution < -0.4 is 0 Å².